The average molecular weight is 312 g/mol. The fraction of sp³-hybridized carbons (Fsp3) is 0.385. The molecule has 0 bridgehead atoms. The van der Waals surface area contributed by atoms with Crippen LogP contribution in [0.5, 0.6) is 0 Å². The summed E-state index contributed by atoms with van der Waals surface area (Å²) in [5, 5.41) is 8.96. The molecule has 7 nitrogen and oxygen atoms in total. The largest absolute Gasteiger partial charge is 0.480 e. The molecule has 21 heavy (non-hydrogen) atoms. The summed E-state index contributed by atoms with van der Waals surface area (Å²) in [6, 6.07) is 5.56. The molecule has 1 aliphatic heterocycles. The van der Waals surface area contributed by atoms with Gasteiger partial charge in [0.25, 0.3) is 5.91 Å². The molecule has 1 fully saturated rings. The predicted molar refractivity (Wildman–Crippen MR) is 76.6 cm³/mol. The monoisotopic (exact) mass is 312 g/mol. The van der Waals surface area contributed by atoms with Crippen molar-refractivity contribution in [3.63, 3.8) is 0 Å². The van der Waals surface area contributed by atoms with Crippen molar-refractivity contribution in [3.8, 4) is 0 Å². The highest BCUT2D eigenvalue weighted by molar-refractivity contribution is 7.91. The maximum Gasteiger partial charge on any atom is 0.323 e. The van der Waals surface area contributed by atoms with Gasteiger partial charge in [-0.25, -0.2) is 8.42 Å². The molecule has 0 saturated carbocycles. The van der Waals surface area contributed by atoms with Gasteiger partial charge in [-0.15, -0.1) is 0 Å². The summed E-state index contributed by atoms with van der Waals surface area (Å²) >= 11 is 0. The Morgan fingerprint density at radius 1 is 1.38 bits per heavy atom. The molecule has 1 aromatic carbocycles. The smallest absolute Gasteiger partial charge is 0.323 e. The quantitative estimate of drug-likeness (QED) is 0.755. The van der Waals surface area contributed by atoms with Gasteiger partial charge in [-0.2, -0.15) is 0 Å². The third-order valence-electron chi connectivity index (χ3n) is 3.35. The van der Waals surface area contributed by atoms with E-state index in [0.717, 1.165) is 4.90 Å². The maximum absolute atomic E-state index is 12.4. The number of rotatable bonds is 4. The number of carbonyl (C=O) groups excluding carboxylic acids is 1. The van der Waals surface area contributed by atoms with E-state index >= 15 is 0 Å². The first kappa shape index (κ1) is 15.3. The average Bonchev–Trinajstić information content (AvgIpc) is 2.75. The standard InChI is InChI=1S/C13H16N2O5S/c14-10-3-1-2-9(6-10)13(18)15(7-12(16)17)11-4-5-21(19,20)8-11/h1-3,6,11H,4-5,7-8,14H2,(H,16,17). The summed E-state index contributed by atoms with van der Waals surface area (Å²) < 4.78 is 23.1. The molecule has 8 heteroatoms. The molecule has 1 saturated heterocycles. The van der Waals surface area contributed by atoms with E-state index in [1.54, 1.807) is 12.1 Å². The summed E-state index contributed by atoms with van der Waals surface area (Å²) in [5.74, 6) is -1.94. The first-order chi connectivity index (χ1) is 9.78. The van der Waals surface area contributed by atoms with Crippen LogP contribution < -0.4 is 5.73 Å². The van der Waals surface area contributed by atoms with Crippen LogP contribution in [0.25, 0.3) is 0 Å². The highest BCUT2D eigenvalue weighted by Crippen LogP contribution is 2.20. The molecule has 3 N–H and O–H groups in total. The zero-order chi connectivity index (χ0) is 15.6. The topological polar surface area (TPSA) is 118 Å². The second kappa shape index (κ2) is 5.72. The Labute approximate surface area is 122 Å². The molecule has 0 aliphatic carbocycles. The Morgan fingerprint density at radius 3 is 2.62 bits per heavy atom. The second-order valence-corrected chi connectivity index (χ2v) is 7.24. The normalized spacial score (nSPS) is 20.1. The fourth-order valence-corrected chi connectivity index (χ4v) is 4.10. The van der Waals surface area contributed by atoms with Crippen LogP contribution in [-0.4, -0.2) is 54.4 Å². The minimum absolute atomic E-state index is 0.0298. The van der Waals surface area contributed by atoms with Crippen LogP contribution in [0.3, 0.4) is 0 Å². The molecule has 1 unspecified atom stereocenters. The molecule has 1 amide bonds. The molecule has 1 heterocycles. The number of anilines is 1. The van der Waals surface area contributed by atoms with Crippen LogP contribution in [0, 0.1) is 0 Å². The molecule has 114 valence electrons. The van der Waals surface area contributed by atoms with Crippen LogP contribution in [0.2, 0.25) is 0 Å². The van der Waals surface area contributed by atoms with Gasteiger partial charge in [-0.3, -0.25) is 9.59 Å². The van der Waals surface area contributed by atoms with E-state index in [2.05, 4.69) is 0 Å². The van der Waals surface area contributed by atoms with Crippen molar-refractivity contribution >= 4 is 27.4 Å². The lowest BCUT2D eigenvalue weighted by atomic mass is 10.1. The first-order valence-electron chi connectivity index (χ1n) is 6.37. The highest BCUT2D eigenvalue weighted by atomic mass is 32.2. The summed E-state index contributed by atoms with van der Waals surface area (Å²) in [6.07, 6.45) is 0.254. The van der Waals surface area contributed by atoms with Crippen LogP contribution in [0.4, 0.5) is 5.69 Å². The lowest BCUT2D eigenvalue weighted by molar-refractivity contribution is -0.138. The molecular formula is C13H16N2O5S. The van der Waals surface area contributed by atoms with Gasteiger partial charge in [0.1, 0.15) is 6.54 Å². The number of amides is 1. The van der Waals surface area contributed by atoms with Crippen molar-refractivity contribution in [3.05, 3.63) is 29.8 Å². The number of hydrogen-bond acceptors (Lipinski definition) is 5. The van der Waals surface area contributed by atoms with Crippen LogP contribution in [-0.2, 0) is 14.6 Å². The van der Waals surface area contributed by atoms with Gasteiger partial charge < -0.3 is 15.7 Å². The van der Waals surface area contributed by atoms with E-state index in [1.165, 1.54) is 12.1 Å². The van der Waals surface area contributed by atoms with Crippen LogP contribution in [0.15, 0.2) is 24.3 Å². The van der Waals surface area contributed by atoms with Crippen molar-refractivity contribution in [2.24, 2.45) is 0 Å². The first-order valence-corrected chi connectivity index (χ1v) is 8.19. The molecule has 1 atom stereocenters. The van der Waals surface area contributed by atoms with Crippen molar-refractivity contribution in [1.29, 1.82) is 0 Å². The van der Waals surface area contributed by atoms with Gasteiger partial charge in [0.05, 0.1) is 11.5 Å². The predicted octanol–water partition coefficient (Wildman–Crippen LogP) is -0.0173. The number of nitrogens with two attached hydrogens (primary N) is 1. The van der Waals surface area contributed by atoms with Crippen LogP contribution >= 0.6 is 0 Å². The Balaban J connectivity index is 2.28. The number of aliphatic carboxylic acids is 1. The maximum atomic E-state index is 12.4. The SMILES string of the molecule is Nc1cccc(C(=O)N(CC(=O)O)C2CCS(=O)(=O)C2)c1. The van der Waals surface area contributed by atoms with E-state index < -0.39 is 34.3 Å². The van der Waals surface area contributed by atoms with Crippen molar-refractivity contribution in [1.82, 2.24) is 4.90 Å². The van der Waals surface area contributed by atoms with E-state index in [-0.39, 0.29) is 23.5 Å². The summed E-state index contributed by atoms with van der Waals surface area (Å²) in [5.41, 5.74) is 6.25. The second-order valence-electron chi connectivity index (χ2n) is 5.01. The van der Waals surface area contributed by atoms with Gasteiger partial charge in [-0.05, 0) is 24.6 Å². The van der Waals surface area contributed by atoms with E-state index in [1.807, 2.05) is 0 Å². The summed E-state index contributed by atoms with van der Waals surface area (Å²) in [7, 11) is -3.21. The minimum atomic E-state index is -3.21. The Morgan fingerprint density at radius 2 is 2.10 bits per heavy atom. The number of hydrogen-bond donors (Lipinski definition) is 2. The van der Waals surface area contributed by atoms with E-state index in [9.17, 15) is 18.0 Å². The number of nitrogens with zero attached hydrogens (tertiary/aromatic N) is 1. The molecule has 2 rings (SSSR count). The Kier molecular flexibility index (Phi) is 4.17. The van der Waals surface area contributed by atoms with Crippen LogP contribution in [0.1, 0.15) is 16.8 Å². The minimum Gasteiger partial charge on any atom is -0.480 e. The third-order valence-corrected chi connectivity index (χ3v) is 5.10. The number of sulfone groups is 1. The van der Waals surface area contributed by atoms with Crippen molar-refractivity contribution in [2.45, 2.75) is 12.5 Å². The van der Waals surface area contributed by atoms with Gasteiger partial charge in [0.15, 0.2) is 9.84 Å². The van der Waals surface area contributed by atoms with Gasteiger partial charge >= 0.3 is 5.97 Å². The van der Waals surface area contributed by atoms with Gasteiger partial charge in [0, 0.05) is 17.3 Å². The number of carbonyl (C=O) groups is 2. The lowest BCUT2D eigenvalue weighted by Crippen LogP contribution is -2.44. The number of nitrogen functional groups attached to an aromatic ring is 1. The number of benzene rings is 1. The Hall–Kier alpha value is -2.09. The molecule has 0 spiro atoms. The zero-order valence-corrected chi connectivity index (χ0v) is 12.0. The Bertz CT molecular complexity index is 671. The van der Waals surface area contributed by atoms with Crippen molar-refractivity contribution in [2.75, 3.05) is 23.8 Å². The van der Waals surface area contributed by atoms with E-state index in [0.29, 0.717) is 5.69 Å². The number of carboxylic acids is 1. The summed E-state index contributed by atoms with van der Waals surface area (Å²) in [4.78, 5) is 24.5. The molecular weight excluding hydrogens is 296 g/mol. The van der Waals surface area contributed by atoms with Gasteiger partial charge in [-0.1, -0.05) is 6.07 Å². The summed E-state index contributed by atoms with van der Waals surface area (Å²) in [6.45, 7) is -0.534. The lowest BCUT2D eigenvalue weighted by Gasteiger charge is -2.26. The van der Waals surface area contributed by atoms with E-state index in [4.69, 9.17) is 10.8 Å². The molecule has 0 radical (unpaired) electrons. The number of carboxylic acid groups (broad SMARTS) is 1. The molecule has 1 aliphatic rings. The fourth-order valence-electron chi connectivity index (χ4n) is 2.37. The highest BCUT2D eigenvalue weighted by Gasteiger charge is 2.35. The third kappa shape index (κ3) is 3.72. The molecule has 0 aromatic heterocycles. The van der Waals surface area contributed by atoms with Gasteiger partial charge in [0.2, 0.25) is 0 Å². The van der Waals surface area contributed by atoms with Crippen molar-refractivity contribution < 1.29 is 23.1 Å². The zero-order valence-electron chi connectivity index (χ0n) is 11.2. The molecule has 1 aromatic rings.